The van der Waals surface area contributed by atoms with Gasteiger partial charge in [0.2, 0.25) is 0 Å². The zero-order valence-corrected chi connectivity index (χ0v) is 10.1. The molecule has 0 atom stereocenters. The molecule has 0 saturated heterocycles. The third kappa shape index (κ3) is 4.01. The number of unbranched alkanes of at least 4 members (excludes halogenated alkanes) is 1. The summed E-state index contributed by atoms with van der Waals surface area (Å²) in [6.45, 7) is 1.98. The Bertz CT molecular complexity index is 480. The summed E-state index contributed by atoms with van der Waals surface area (Å²) in [6.07, 6.45) is 3.64. The molecule has 0 bridgehead atoms. The first-order valence-electron chi connectivity index (χ1n) is 5.73. The maximum atomic E-state index is 11.0. The molecule has 0 aromatic heterocycles. The van der Waals surface area contributed by atoms with Gasteiger partial charge in [0, 0.05) is 17.7 Å². The Balaban J connectivity index is 3.00. The van der Waals surface area contributed by atoms with Gasteiger partial charge in [-0.1, -0.05) is 25.5 Å². The van der Waals surface area contributed by atoms with Crippen LogP contribution in [0.25, 0.3) is 6.08 Å². The summed E-state index contributed by atoms with van der Waals surface area (Å²) in [7, 11) is 0. The highest BCUT2D eigenvalue weighted by molar-refractivity contribution is 5.92. The SMILES string of the molecule is CCCC/C(=C\c1cccc([N+](=O)[O-])c1)C(=O)O. The number of rotatable bonds is 6. The zero-order valence-electron chi connectivity index (χ0n) is 10.1. The second kappa shape index (κ2) is 6.54. The van der Waals surface area contributed by atoms with E-state index in [0.29, 0.717) is 12.0 Å². The van der Waals surface area contributed by atoms with E-state index in [1.54, 1.807) is 12.1 Å². The molecule has 0 fully saturated rings. The van der Waals surface area contributed by atoms with Crippen LogP contribution in [-0.2, 0) is 4.79 Å². The molecule has 0 saturated carbocycles. The average molecular weight is 249 g/mol. The average Bonchev–Trinajstić information content (AvgIpc) is 2.34. The van der Waals surface area contributed by atoms with E-state index in [-0.39, 0.29) is 11.3 Å². The summed E-state index contributed by atoms with van der Waals surface area (Å²) in [4.78, 5) is 21.1. The number of carboxylic acid groups (broad SMARTS) is 1. The van der Waals surface area contributed by atoms with E-state index < -0.39 is 10.9 Å². The number of aliphatic carboxylic acids is 1. The molecule has 1 aromatic rings. The molecule has 1 aromatic carbocycles. The number of non-ortho nitro benzene ring substituents is 1. The van der Waals surface area contributed by atoms with E-state index in [0.717, 1.165) is 12.8 Å². The fourth-order valence-electron chi connectivity index (χ4n) is 1.54. The van der Waals surface area contributed by atoms with Gasteiger partial charge >= 0.3 is 5.97 Å². The van der Waals surface area contributed by atoms with Gasteiger partial charge in [-0.25, -0.2) is 4.79 Å². The van der Waals surface area contributed by atoms with Gasteiger partial charge in [-0.15, -0.1) is 0 Å². The van der Waals surface area contributed by atoms with Gasteiger partial charge in [0.25, 0.3) is 5.69 Å². The van der Waals surface area contributed by atoms with Crippen LogP contribution in [0, 0.1) is 10.1 Å². The fraction of sp³-hybridized carbons (Fsp3) is 0.308. The van der Waals surface area contributed by atoms with Gasteiger partial charge in [0.05, 0.1) is 4.92 Å². The molecule has 0 radical (unpaired) electrons. The lowest BCUT2D eigenvalue weighted by Gasteiger charge is -2.01. The lowest BCUT2D eigenvalue weighted by molar-refractivity contribution is -0.384. The molecule has 1 N–H and O–H groups in total. The van der Waals surface area contributed by atoms with E-state index in [4.69, 9.17) is 5.11 Å². The van der Waals surface area contributed by atoms with Crippen LogP contribution in [0.15, 0.2) is 29.8 Å². The van der Waals surface area contributed by atoms with Crippen molar-refractivity contribution in [1.29, 1.82) is 0 Å². The van der Waals surface area contributed by atoms with E-state index in [1.165, 1.54) is 18.2 Å². The van der Waals surface area contributed by atoms with Crippen molar-refractivity contribution in [2.45, 2.75) is 26.2 Å². The molecule has 0 aliphatic heterocycles. The number of hydrogen-bond donors (Lipinski definition) is 1. The Hall–Kier alpha value is -2.17. The first-order valence-corrected chi connectivity index (χ1v) is 5.73. The second-order valence-electron chi connectivity index (χ2n) is 3.93. The fourth-order valence-corrected chi connectivity index (χ4v) is 1.54. The summed E-state index contributed by atoms with van der Waals surface area (Å²) in [5, 5.41) is 19.7. The Labute approximate surface area is 105 Å². The van der Waals surface area contributed by atoms with Gasteiger partial charge in [-0.3, -0.25) is 10.1 Å². The minimum absolute atomic E-state index is 0.0380. The monoisotopic (exact) mass is 249 g/mol. The number of carboxylic acids is 1. The highest BCUT2D eigenvalue weighted by atomic mass is 16.6. The zero-order chi connectivity index (χ0) is 13.5. The highest BCUT2D eigenvalue weighted by Crippen LogP contribution is 2.18. The molecule has 0 aliphatic rings. The van der Waals surface area contributed by atoms with E-state index in [2.05, 4.69) is 0 Å². The first-order chi connectivity index (χ1) is 8.54. The summed E-state index contributed by atoms with van der Waals surface area (Å²) in [5.41, 5.74) is 0.777. The van der Waals surface area contributed by atoms with Crippen molar-refractivity contribution in [2.24, 2.45) is 0 Å². The highest BCUT2D eigenvalue weighted by Gasteiger charge is 2.09. The Morgan fingerprint density at radius 2 is 2.22 bits per heavy atom. The Morgan fingerprint density at radius 3 is 2.78 bits per heavy atom. The smallest absolute Gasteiger partial charge is 0.331 e. The maximum Gasteiger partial charge on any atom is 0.331 e. The van der Waals surface area contributed by atoms with Crippen molar-refractivity contribution in [3.8, 4) is 0 Å². The molecular formula is C13H15NO4. The predicted molar refractivity (Wildman–Crippen MR) is 68.2 cm³/mol. The minimum atomic E-state index is -0.977. The Kier molecular flexibility index (Phi) is 5.05. The van der Waals surface area contributed by atoms with Crippen molar-refractivity contribution in [1.82, 2.24) is 0 Å². The van der Waals surface area contributed by atoms with Crippen LogP contribution in [0.2, 0.25) is 0 Å². The number of nitrogens with zero attached hydrogens (tertiary/aromatic N) is 1. The molecule has 5 nitrogen and oxygen atoms in total. The normalized spacial score (nSPS) is 11.3. The van der Waals surface area contributed by atoms with Crippen molar-refractivity contribution < 1.29 is 14.8 Å². The number of carbonyl (C=O) groups is 1. The molecule has 0 heterocycles. The summed E-state index contributed by atoms with van der Waals surface area (Å²) >= 11 is 0. The number of hydrogen-bond acceptors (Lipinski definition) is 3. The molecule has 0 amide bonds. The van der Waals surface area contributed by atoms with Crippen molar-refractivity contribution in [2.75, 3.05) is 0 Å². The molecule has 5 heteroatoms. The van der Waals surface area contributed by atoms with Crippen LogP contribution in [0.5, 0.6) is 0 Å². The largest absolute Gasteiger partial charge is 0.478 e. The molecular weight excluding hydrogens is 234 g/mol. The third-order valence-electron chi connectivity index (χ3n) is 2.50. The van der Waals surface area contributed by atoms with E-state index in [1.807, 2.05) is 6.92 Å². The lowest BCUT2D eigenvalue weighted by atomic mass is 10.1. The number of nitro benzene ring substituents is 1. The van der Waals surface area contributed by atoms with Crippen molar-refractivity contribution in [3.05, 3.63) is 45.5 Å². The van der Waals surface area contributed by atoms with Crippen LogP contribution < -0.4 is 0 Å². The van der Waals surface area contributed by atoms with Crippen molar-refractivity contribution in [3.63, 3.8) is 0 Å². The quantitative estimate of drug-likeness (QED) is 0.476. The second-order valence-corrected chi connectivity index (χ2v) is 3.93. The van der Waals surface area contributed by atoms with Crippen LogP contribution in [0.4, 0.5) is 5.69 Å². The van der Waals surface area contributed by atoms with Crippen LogP contribution in [0.3, 0.4) is 0 Å². The van der Waals surface area contributed by atoms with Gasteiger partial charge < -0.3 is 5.11 Å². The molecule has 18 heavy (non-hydrogen) atoms. The van der Waals surface area contributed by atoms with E-state index in [9.17, 15) is 14.9 Å². The van der Waals surface area contributed by atoms with Crippen LogP contribution in [0.1, 0.15) is 31.7 Å². The molecule has 1 rings (SSSR count). The minimum Gasteiger partial charge on any atom is -0.478 e. The summed E-state index contributed by atoms with van der Waals surface area (Å²) < 4.78 is 0. The van der Waals surface area contributed by atoms with Gasteiger partial charge in [0.1, 0.15) is 0 Å². The third-order valence-corrected chi connectivity index (χ3v) is 2.50. The molecule has 96 valence electrons. The summed E-state index contributed by atoms with van der Waals surface area (Å²) in [5.74, 6) is -0.977. The Morgan fingerprint density at radius 1 is 1.50 bits per heavy atom. The molecule has 0 unspecified atom stereocenters. The lowest BCUT2D eigenvalue weighted by Crippen LogP contribution is -2.00. The summed E-state index contributed by atoms with van der Waals surface area (Å²) in [6, 6.07) is 5.95. The first kappa shape index (κ1) is 13.9. The number of benzene rings is 1. The maximum absolute atomic E-state index is 11.0. The van der Waals surface area contributed by atoms with Crippen LogP contribution in [-0.4, -0.2) is 16.0 Å². The van der Waals surface area contributed by atoms with Gasteiger partial charge in [-0.05, 0) is 24.5 Å². The molecule has 0 aliphatic carbocycles. The molecule has 0 spiro atoms. The van der Waals surface area contributed by atoms with E-state index >= 15 is 0 Å². The van der Waals surface area contributed by atoms with Crippen molar-refractivity contribution >= 4 is 17.7 Å². The topological polar surface area (TPSA) is 80.4 Å². The van der Waals surface area contributed by atoms with Gasteiger partial charge in [-0.2, -0.15) is 0 Å². The standard InChI is InChI=1S/C13H15NO4/c1-2-3-6-11(13(15)16)8-10-5-4-7-12(9-10)14(17)18/h4-5,7-9H,2-3,6H2,1H3,(H,15,16)/b11-8+. The van der Waals surface area contributed by atoms with Crippen LogP contribution >= 0.6 is 0 Å². The van der Waals surface area contributed by atoms with Gasteiger partial charge in [0.15, 0.2) is 0 Å². The predicted octanol–water partition coefficient (Wildman–Crippen LogP) is 3.25. The number of nitro groups is 1.